The fourth-order valence-corrected chi connectivity index (χ4v) is 2.28. The van der Waals surface area contributed by atoms with Crippen molar-refractivity contribution >= 4 is 17.4 Å². The lowest BCUT2D eigenvalue weighted by Gasteiger charge is -2.12. The number of aryl methyl sites for hydroxylation is 1. The molecule has 0 aliphatic carbocycles. The lowest BCUT2D eigenvalue weighted by atomic mass is 10.2. The minimum atomic E-state index is -1.07. The smallest absolute Gasteiger partial charge is 0.262 e. The Bertz CT molecular complexity index is 1030. The Hall–Kier alpha value is -2.54. The van der Waals surface area contributed by atoms with Gasteiger partial charge in [-0.25, -0.2) is 18.3 Å². The van der Waals surface area contributed by atoms with Crippen molar-refractivity contribution in [2.24, 2.45) is 0 Å². The topological polar surface area (TPSA) is 56.4 Å². The first-order valence-corrected chi connectivity index (χ1v) is 6.53. The molecule has 3 aromatic rings. The average molecular weight is 324 g/mol. The molecular weight excluding hydrogens is 316 g/mol. The van der Waals surface area contributed by atoms with Gasteiger partial charge in [-0.05, 0) is 24.6 Å². The number of halogens is 3. The molecule has 0 bridgehead atoms. The second-order valence-corrected chi connectivity index (χ2v) is 5.02. The Kier molecular flexibility index (Phi) is 3.29. The highest BCUT2D eigenvalue weighted by atomic mass is 35.5. The fraction of sp³-hybridized carbons (Fsp3) is 0.0714. The molecule has 0 aliphatic heterocycles. The van der Waals surface area contributed by atoms with Crippen molar-refractivity contribution in [2.75, 3.05) is 0 Å². The number of hydrogen-bond acceptors (Lipinski definition) is 3. The maximum atomic E-state index is 14.2. The standard InChI is InChI=1S/C14H8ClF2N3O2/c1-7-4-10(9(16)5-8(7)15)19-13(22)6-11(17)20-12(21)2-3-18-14(19)20/h2-6H,1H3. The summed E-state index contributed by atoms with van der Waals surface area (Å²) in [5.41, 5.74) is -1.22. The molecule has 2 aromatic heterocycles. The number of benzene rings is 1. The van der Waals surface area contributed by atoms with Gasteiger partial charge in [-0.15, -0.1) is 0 Å². The second kappa shape index (κ2) is 5.03. The molecule has 2 heterocycles. The summed E-state index contributed by atoms with van der Waals surface area (Å²) in [5.74, 6) is -2.18. The zero-order chi connectivity index (χ0) is 16.0. The normalized spacial score (nSPS) is 11.1. The van der Waals surface area contributed by atoms with Gasteiger partial charge in [0.05, 0.1) is 11.8 Å². The van der Waals surface area contributed by atoms with E-state index in [1.54, 1.807) is 6.92 Å². The third-order valence-electron chi connectivity index (χ3n) is 3.17. The highest BCUT2D eigenvalue weighted by Gasteiger charge is 2.16. The Balaban J connectivity index is 2.52. The molecule has 0 radical (unpaired) electrons. The minimum Gasteiger partial charge on any atom is -0.269 e. The average Bonchev–Trinajstić information content (AvgIpc) is 2.44. The first kappa shape index (κ1) is 14.4. The maximum Gasteiger partial charge on any atom is 0.262 e. The van der Waals surface area contributed by atoms with Gasteiger partial charge in [0.15, 0.2) is 0 Å². The molecule has 0 saturated heterocycles. The van der Waals surface area contributed by atoms with Gasteiger partial charge in [0.25, 0.3) is 11.1 Å². The van der Waals surface area contributed by atoms with Crippen molar-refractivity contribution < 1.29 is 8.78 Å². The minimum absolute atomic E-state index is 0.164. The molecule has 3 rings (SSSR count). The first-order valence-electron chi connectivity index (χ1n) is 6.15. The summed E-state index contributed by atoms with van der Waals surface area (Å²) in [7, 11) is 0. The molecule has 1 aromatic carbocycles. The van der Waals surface area contributed by atoms with Gasteiger partial charge in [-0.3, -0.25) is 9.59 Å². The van der Waals surface area contributed by atoms with Crippen LogP contribution in [0.3, 0.4) is 0 Å². The highest BCUT2D eigenvalue weighted by Crippen LogP contribution is 2.22. The van der Waals surface area contributed by atoms with E-state index in [1.807, 2.05) is 0 Å². The van der Waals surface area contributed by atoms with Crippen LogP contribution in [0.15, 0.2) is 40.1 Å². The molecule has 0 spiro atoms. The van der Waals surface area contributed by atoms with E-state index in [4.69, 9.17) is 11.6 Å². The quantitative estimate of drug-likeness (QED) is 0.644. The molecule has 0 amide bonds. The molecule has 0 saturated carbocycles. The van der Waals surface area contributed by atoms with Gasteiger partial charge in [-0.1, -0.05) is 11.6 Å². The van der Waals surface area contributed by atoms with Gasteiger partial charge in [-0.2, -0.15) is 4.39 Å². The molecule has 22 heavy (non-hydrogen) atoms. The Morgan fingerprint density at radius 2 is 1.86 bits per heavy atom. The van der Waals surface area contributed by atoms with E-state index in [0.717, 1.165) is 22.9 Å². The van der Waals surface area contributed by atoms with Crippen molar-refractivity contribution in [3.05, 3.63) is 73.5 Å². The molecule has 112 valence electrons. The lowest BCUT2D eigenvalue weighted by Crippen LogP contribution is -2.28. The summed E-state index contributed by atoms with van der Waals surface area (Å²) in [6.07, 6.45) is 1.12. The fourth-order valence-electron chi connectivity index (χ4n) is 2.13. The van der Waals surface area contributed by atoms with Crippen molar-refractivity contribution in [1.82, 2.24) is 14.0 Å². The third kappa shape index (κ3) is 2.10. The number of nitrogens with zero attached hydrogens (tertiary/aromatic N) is 3. The SMILES string of the molecule is Cc1cc(-n2c(=O)cc(F)n3c(=O)ccnc23)c(F)cc1Cl. The van der Waals surface area contributed by atoms with E-state index in [2.05, 4.69) is 4.98 Å². The molecule has 8 heteroatoms. The van der Waals surface area contributed by atoms with Crippen molar-refractivity contribution in [3.63, 3.8) is 0 Å². The van der Waals surface area contributed by atoms with Crippen LogP contribution in [0, 0.1) is 18.7 Å². The Morgan fingerprint density at radius 3 is 2.59 bits per heavy atom. The summed E-state index contributed by atoms with van der Waals surface area (Å²) in [6, 6.07) is 4.00. The van der Waals surface area contributed by atoms with Gasteiger partial charge >= 0.3 is 0 Å². The van der Waals surface area contributed by atoms with Crippen LogP contribution in [0.2, 0.25) is 5.02 Å². The Labute approximate surface area is 127 Å². The van der Waals surface area contributed by atoms with E-state index < -0.39 is 22.9 Å². The maximum absolute atomic E-state index is 14.2. The van der Waals surface area contributed by atoms with Crippen LogP contribution >= 0.6 is 11.6 Å². The third-order valence-corrected chi connectivity index (χ3v) is 3.58. The van der Waals surface area contributed by atoms with Crippen LogP contribution in [-0.2, 0) is 0 Å². The van der Waals surface area contributed by atoms with E-state index in [-0.39, 0.29) is 16.5 Å². The molecule has 0 atom stereocenters. The van der Waals surface area contributed by atoms with Crippen molar-refractivity contribution in [2.45, 2.75) is 6.92 Å². The summed E-state index contributed by atoms with van der Waals surface area (Å²) in [6.45, 7) is 1.63. The van der Waals surface area contributed by atoms with Gasteiger partial charge in [0, 0.05) is 17.3 Å². The summed E-state index contributed by atoms with van der Waals surface area (Å²) >= 11 is 5.82. The van der Waals surface area contributed by atoms with E-state index in [1.165, 1.54) is 6.07 Å². The van der Waals surface area contributed by atoms with Crippen LogP contribution in [0.5, 0.6) is 0 Å². The first-order chi connectivity index (χ1) is 10.4. The molecule has 0 aliphatic rings. The lowest BCUT2D eigenvalue weighted by molar-refractivity contribution is 0.545. The predicted octanol–water partition coefficient (Wildman–Crippen LogP) is 2.09. The number of aromatic nitrogens is 3. The number of fused-ring (bicyclic) bond motifs is 1. The number of hydrogen-bond donors (Lipinski definition) is 0. The van der Waals surface area contributed by atoms with E-state index in [9.17, 15) is 18.4 Å². The van der Waals surface area contributed by atoms with Crippen LogP contribution in [-0.4, -0.2) is 14.0 Å². The molecular formula is C14H8ClF2N3O2. The van der Waals surface area contributed by atoms with Crippen LogP contribution in [0.4, 0.5) is 8.78 Å². The van der Waals surface area contributed by atoms with Gasteiger partial charge in [0.1, 0.15) is 5.82 Å². The number of rotatable bonds is 1. The van der Waals surface area contributed by atoms with E-state index >= 15 is 0 Å². The molecule has 5 nitrogen and oxygen atoms in total. The predicted molar refractivity (Wildman–Crippen MR) is 76.7 cm³/mol. The van der Waals surface area contributed by atoms with Crippen molar-refractivity contribution in [1.29, 1.82) is 0 Å². The zero-order valence-electron chi connectivity index (χ0n) is 11.2. The monoisotopic (exact) mass is 323 g/mol. The second-order valence-electron chi connectivity index (χ2n) is 4.61. The summed E-state index contributed by atoms with van der Waals surface area (Å²) in [4.78, 5) is 27.7. The summed E-state index contributed by atoms with van der Waals surface area (Å²) in [5, 5.41) is 0.186. The van der Waals surface area contributed by atoms with Crippen molar-refractivity contribution in [3.8, 4) is 5.69 Å². The highest BCUT2D eigenvalue weighted by molar-refractivity contribution is 6.31. The van der Waals surface area contributed by atoms with Gasteiger partial charge in [0.2, 0.25) is 11.7 Å². The van der Waals surface area contributed by atoms with Crippen LogP contribution in [0.25, 0.3) is 11.5 Å². The zero-order valence-corrected chi connectivity index (χ0v) is 11.9. The molecule has 0 unspecified atom stereocenters. The summed E-state index contributed by atoms with van der Waals surface area (Å²) < 4.78 is 29.4. The van der Waals surface area contributed by atoms with Crippen LogP contribution < -0.4 is 11.1 Å². The van der Waals surface area contributed by atoms with E-state index in [0.29, 0.717) is 16.0 Å². The largest absolute Gasteiger partial charge is 0.269 e. The van der Waals surface area contributed by atoms with Gasteiger partial charge < -0.3 is 0 Å². The molecule has 0 fully saturated rings. The van der Waals surface area contributed by atoms with Crippen LogP contribution in [0.1, 0.15) is 5.56 Å². The Morgan fingerprint density at radius 1 is 1.14 bits per heavy atom. The molecule has 0 N–H and O–H groups in total.